The van der Waals surface area contributed by atoms with Gasteiger partial charge in [0.25, 0.3) is 5.91 Å². The fourth-order valence-corrected chi connectivity index (χ4v) is 7.91. The number of likely N-dealkylation sites (N-methyl/N-ethyl adjacent to an activating group) is 1. The minimum absolute atomic E-state index is 0.0344. The summed E-state index contributed by atoms with van der Waals surface area (Å²) in [7, 11) is -3.00. The molecule has 4 rings (SSSR count). The van der Waals surface area contributed by atoms with Crippen LogP contribution in [0.4, 0.5) is 0 Å². The monoisotopic (exact) mass is 668 g/mol. The number of piperazine rings is 1. The molecule has 0 bridgehead atoms. The molecule has 1 aliphatic heterocycles. The minimum atomic E-state index is -4.21. The van der Waals surface area contributed by atoms with Crippen molar-refractivity contribution in [1.82, 2.24) is 19.4 Å². The third-order valence-corrected chi connectivity index (χ3v) is 11.2. The van der Waals surface area contributed by atoms with E-state index < -0.39 is 28.6 Å². The van der Waals surface area contributed by atoms with Gasteiger partial charge in [-0.15, -0.1) is 11.3 Å². The maximum atomic E-state index is 13.2. The summed E-state index contributed by atoms with van der Waals surface area (Å²) in [4.78, 5) is 42.3. The highest BCUT2D eigenvalue weighted by Gasteiger charge is 2.37. The number of aliphatic hydroxyl groups is 1. The first kappa shape index (κ1) is 33.2. The molecular weight excluding hydrogens is 635 g/mol. The standard InChI is InChI=1S/C29H34Cl2N4O6S2/c1-19(9-10-32-28(38)25-16-20-5-3-4-6-24(20)42-25)15-27(37)34-11-13-35(14-12-34)29(39)23(18-36)33(2)43(40,41)26-8-7-21(30)17-22(26)31/h3-8,16-17,19,23,36H,9-15,18H2,1-2H3,(H,32,38)/t19?,23-/m0/s1. The van der Waals surface area contributed by atoms with E-state index in [1.165, 1.54) is 41.5 Å². The molecule has 10 nitrogen and oxygen atoms in total. The van der Waals surface area contributed by atoms with E-state index in [4.69, 9.17) is 23.2 Å². The average molecular weight is 670 g/mol. The first-order valence-electron chi connectivity index (χ1n) is 13.8. The van der Waals surface area contributed by atoms with Crippen molar-refractivity contribution in [2.24, 2.45) is 5.92 Å². The highest BCUT2D eigenvalue weighted by Crippen LogP contribution is 2.28. The van der Waals surface area contributed by atoms with Crippen molar-refractivity contribution < 1.29 is 27.9 Å². The molecule has 0 radical (unpaired) electrons. The second-order valence-corrected chi connectivity index (χ2v) is 14.4. The number of halogens is 2. The maximum Gasteiger partial charge on any atom is 0.261 e. The van der Waals surface area contributed by atoms with E-state index >= 15 is 0 Å². The topological polar surface area (TPSA) is 127 Å². The van der Waals surface area contributed by atoms with Crippen LogP contribution >= 0.6 is 34.5 Å². The van der Waals surface area contributed by atoms with Gasteiger partial charge < -0.3 is 20.2 Å². The second-order valence-electron chi connectivity index (χ2n) is 10.5. The molecule has 43 heavy (non-hydrogen) atoms. The summed E-state index contributed by atoms with van der Waals surface area (Å²) in [6.07, 6.45) is 0.937. The molecule has 2 heterocycles. The highest BCUT2D eigenvalue weighted by atomic mass is 35.5. The number of carbonyl (C=O) groups is 3. The number of nitrogens with zero attached hydrogens (tertiary/aromatic N) is 3. The summed E-state index contributed by atoms with van der Waals surface area (Å²) in [6, 6.07) is 12.3. The van der Waals surface area contributed by atoms with Gasteiger partial charge in [0.2, 0.25) is 21.8 Å². The van der Waals surface area contributed by atoms with Crippen LogP contribution in [0.25, 0.3) is 10.1 Å². The van der Waals surface area contributed by atoms with Gasteiger partial charge in [-0.25, -0.2) is 8.42 Å². The van der Waals surface area contributed by atoms with E-state index in [-0.39, 0.29) is 58.9 Å². The Morgan fingerprint density at radius 2 is 1.72 bits per heavy atom. The van der Waals surface area contributed by atoms with Gasteiger partial charge in [0.15, 0.2) is 0 Å². The lowest BCUT2D eigenvalue weighted by Crippen LogP contribution is -2.57. The molecule has 0 saturated carbocycles. The Morgan fingerprint density at radius 3 is 2.37 bits per heavy atom. The van der Waals surface area contributed by atoms with Gasteiger partial charge in [0, 0.05) is 55.9 Å². The first-order chi connectivity index (χ1) is 20.4. The van der Waals surface area contributed by atoms with Gasteiger partial charge >= 0.3 is 0 Å². The molecule has 1 fully saturated rings. The van der Waals surface area contributed by atoms with Crippen LogP contribution < -0.4 is 5.32 Å². The minimum Gasteiger partial charge on any atom is -0.394 e. The predicted molar refractivity (Wildman–Crippen MR) is 168 cm³/mol. The Kier molecular flexibility index (Phi) is 11.1. The van der Waals surface area contributed by atoms with Crippen LogP contribution in [0.5, 0.6) is 0 Å². The number of hydrogen-bond donors (Lipinski definition) is 2. The molecule has 1 aliphatic rings. The molecular formula is C29H34Cl2N4O6S2. The number of hydrogen-bond acceptors (Lipinski definition) is 7. The Morgan fingerprint density at radius 1 is 1.05 bits per heavy atom. The lowest BCUT2D eigenvalue weighted by Gasteiger charge is -2.38. The van der Waals surface area contributed by atoms with E-state index in [2.05, 4.69) is 5.32 Å². The lowest BCUT2D eigenvalue weighted by molar-refractivity contribution is -0.143. The summed E-state index contributed by atoms with van der Waals surface area (Å²) in [5.74, 6) is -0.705. The van der Waals surface area contributed by atoms with Crippen molar-refractivity contribution in [2.75, 3.05) is 46.4 Å². The smallest absolute Gasteiger partial charge is 0.261 e. The molecule has 0 aliphatic carbocycles. The molecule has 2 aromatic carbocycles. The van der Waals surface area contributed by atoms with Crippen molar-refractivity contribution in [1.29, 1.82) is 0 Å². The molecule has 2 atom stereocenters. The van der Waals surface area contributed by atoms with Crippen LogP contribution in [0.3, 0.4) is 0 Å². The van der Waals surface area contributed by atoms with Crippen molar-refractivity contribution in [3.63, 3.8) is 0 Å². The number of fused-ring (bicyclic) bond motifs is 1. The maximum absolute atomic E-state index is 13.2. The number of amides is 3. The summed E-state index contributed by atoms with van der Waals surface area (Å²) >= 11 is 13.4. The van der Waals surface area contributed by atoms with Crippen molar-refractivity contribution >= 4 is 72.4 Å². The zero-order valence-corrected chi connectivity index (χ0v) is 27.0. The molecule has 2 N–H and O–H groups in total. The van der Waals surface area contributed by atoms with Crippen molar-refractivity contribution in [3.05, 3.63) is 63.5 Å². The lowest BCUT2D eigenvalue weighted by atomic mass is 10.0. The summed E-state index contributed by atoms with van der Waals surface area (Å²) < 4.78 is 28.2. The molecule has 232 valence electrons. The SMILES string of the molecule is CC(CCNC(=O)c1cc2ccccc2s1)CC(=O)N1CCN(C(=O)[C@H](CO)N(C)S(=O)(=O)c2ccc(Cl)cc2Cl)CC1. The number of aliphatic hydroxyl groups excluding tert-OH is 1. The van der Waals surface area contributed by atoms with Gasteiger partial charge in [-0.1, -0.05) is 48.3 Å². The largest absolute Gasteiger partial charge is 0.394 e. The van der Waals surface area contributed by atoms with Gasteiger partial charge in [-0.3, -0.25) is 14.4 Å². The molecule has 3 amide bonds. The Hall–Kier alpha value is -2.74. The zero-order chi connectivity index (χ0) is 31.3. The van der Waals surface area contributed by atoms with Gasteiger partial charge in [0.1, 0.15) is 10.9 Å². The number of benzene rings is 2. The number of thiophene rings is 1. The summed E-state index contributed by atoms with van der Waals surface area (Å²) in [5.41, 5.74) is 0. The van der Waals surface area contributed by atoms with Crippen LogP contribution in [-0.2, 0) is 19.6 Å². The van der Waals surface area contributed by atoms with Crippen molar-refractivity contribution in [3.8, 4) is 0 Å². The van der Waals surface area contributed by atoms with Crippen molar-refractivity contribution in [2.45, 2.75) is 30.7 Å². The third kappa shape index (κ3) is 7.86. The van der Waals surface area contributed by atoms with E-state index in [1.807, 2.05) is 37.3 Å². The predicted octanol–water partition coefficient (Wildman–Crippen LogP) is 3.71. The van der Waals surface area contributed by atoms with E-state index in [1.54, 1.807) is 4.90 Å². The summed E-state index contributed by atoms with van der Waals surface area (Å²) in [5, 5.41) is 14.1. The Balaban J connectivity index is 1.24. The molecule has 1 unspecified atom stereocenters. The molecule has 1 saturated heterocycles. The zero-order valence-electron chi connectivity index (χ0n) is 23.8. The Labute approximate surface area is 265 Å². The second kappa shape index (κ2) is 14.4. The molecule has 0 spiro atoms. The number of sulfonamides is 1. The first-order valence-corrected chi connectivity index (χ1v) is 16.8. The van der Waals surface area contributed by atoms with Crippen LogP contribution in [0, 0.1) is 5.92 Å². The average Bonchev–Trinajstić information content (AvgIpc) is 3.42. The van der Waals surface area contributed by atoms with Crippen LogP contribution in [0.15, 0.2) is 53.4 Å². The fourth-order valence-electron chi connectivity index (χ4n) is 4.88. The molecule has 14 heteroatoms. The third-order valence-electron chi connectivity index (χ3n) is 7.49. The van der Waals surface area contributed by atoms with E-state index in [0.29, 0.717) is 24.3 Å². The van der Waals surface area contributed by atoms with Crippen LogP contribution in [0.2, 0.25) is 10.0 Å². The highest BCUT2D eigenvalue weighted by molar-refractivity contribution is 7.89. The number of nitrogens with one attached hydrogen (secondary N) is 1. The number of rotatable bonds is 11. The van der Waals surface area contributed by atoms with Gasteiger partial charge in [0.05, 0.1) is 16.5 Å². The van der Waals surface area contributed by atoms with E-state index in [0.717, 1.165) is 14.4 Å². The van der Waals surface area contributed by atoms with Crippen LogP contribution in [-0.4, -0.2) is 97.8 Å². The fraction of sp³-hybridized carbons (Fsp3) is 0.414. The van der Waals surface area contributed by atoms with Gasteiger partial charge in [-0.05, 0) is 48.1 Å². The Bertz CT molecular complexity index is 1560. The van der Waals surface area contributed by atoms with Gasteiger partial charge in [-0.2, -0.15) is 4.31 Å². The van der Waals surface area contributed by atoms with E-state index in [9.17, 15) is 27.9 Å². The number of carbonyl (C=O) groups excluding carboxylic acids is 3. The molecule has 1 aromatic heterocycles. The normalized spacial score (nSPS) is 15.5. The summed E-state index contributed by atoms with van der Waals surface area (Å²) in [6.45, 7) is 2.67. The van der Waals surface area contributed by atoms with Crippen LogP contribution in [0.1, 0.15) is 29.4 Å². The molecule has 3 aromatic rings. The quantitative estimate of drug-likeness (QED) is 0.321.